The quantitative estimate of drug-likeness (QED) is 0.589. The molecule has 160 valence electrons. The highest BCUT2D eigenvalue weighted by molar-refractivity contribution is 6.33. The standard InChI is InChI=1S/C22H27ClN4O3/c1-30-18-8-6-17(7-9-18)27-14-10-16(11-15-27)26-22(29)25-13-12-24-21(28)19-4-2-3-5-20(19)23/h2-9,16H,10-15H2,1H3,(H,24,28)(H2,25,26,29). The summed E-state index contributed by atoms with van der Waals surface area (Å²) in [6, 6.07) is 14.8. The fourth-order valence-electron chi connectivity index (χ4n) is 3.40. The molecule has 2 aromatic rings. The molecule has 8 heteroatoms. The number of carbonyl (C=O) groups is 2. The molecule has 3 rings (SSSR count). The van der Waals surface area contributed by atoms with E-state index in [0.29, 0.717) is 23.7 Å². The Labute approximate surface area is 181 Å². The number of nitrogens with zero attached hydrogens (tertiary/aromatic N) is 1. The molecule has 1 fully saturated rings. The number of carbonyl (C=O) groups excluding carboxylic acids is 2. The van der Waals surface area contributed by atoms with E-state index in [4.69, 9.17) is 16.3 Å². The lowest BCUT2D eigenvalue weighted by Gasteiger charge is -2.34. The molecule has 0 bridgehead atoms. The molecule has 1 aliphatic rings. The summed E-state index contributed by atoms with van der Waals surface area (Å²) in [4.78, 5) is 26.5. The van der Waals surface area contributed by atoms with Gasteiger partial charge in [-0.2, -0.15) is 0 Å². The molecule has 0 atom stereocenters. The van der Waals surface area contributed by atoms with Crippen LogP contribution in [0.3, 0.4) is 0 Å². The minimum atomic E-state index is -0.256. The molecule has 3 N–H and O–H groups in total. The van der Waals surface area contributed by atoms with E-state index < -0.39 is 0 Å². The van der Waals surface area contributed by atoms with Gasteiger partial charge in [0.05, 0.1) is 17.7 Å². The molecule has 7 nitrogen and oxygen atoms in total. The number of ether oxygens (including phenoxy) is 1. The first kappa shape index (κ1) is 21.8. The zero-order valence-electron chi connectivity index (χ0n) is 17.0. The number of urea groups is 1. The van der Waals surface area contributed by atoms with Crippen molar-refractivity contribution < 1.29 is 14.3 Å². The average Bonchev–Trinajstić information content (AvgIpc) is 2.77. The number of hydrogen-bond acceptors (Lipinski definition) is 4. The summed E-state index contributed by atoms with van der Waals surface area (Å²) < 4.78 is 5.20. The first-order chi connectivity index (χ1) is 14.6. The van der Waals surface area contributed by atoms with Crippen LogP contribution in [-0.2, 0) is 0 Å². The van der Waals surface area contributed by atoms with Gasteiger partial charge in [0.1, 0.15) is 5.75 Å². The third kappa shape index (κ3) is 6.03. The number of piperidine rings is 1. The van der Waals surface area contributed by atoms with Gasteiger partial charge in [0.15, 0.2) is 0 Å². The van der Waals surface area contributed by atoms with Gasteiger partial charge < -0.3 is 25.6 Å². The summed E-state index contributed by atoms with van der Waals surface area (Å²) in [5.74, 6) is 0.587. The maximum Gasteiger partial charge on any atom is 0.315 e. The highest BCUT2D eigenvalue weighted by atomic mass is 35.5. The molecule has 0 radical (unpaired) electrons. The Morgan fingerprint density at radius 2 is 1.70 bits per heavy atom. The molecule has 0 saturated carbocycles. The van der Waals surface area contributed by atoms with Crippen LogP contribution in [0.25, 0.3) is 0 Å². The van der Waals surface area contributed by atoms with Crippen molar-refractivity contribution in [2.45, 2.75) is 18.9 Å². The van der Waals surface area contributed by atoms with Crippen LogP contribution < -0.4 is 25.6 Å². The molecule has 0 spiro atoms. The van der Waals surface area contributed by atoms with Crippen molar-refractivity contribution in [2.24, 2.45) is 0 Å². The smallest absolute Gasteiger partial charge is 0.315 e. The highest BCUT2D eigenvalue weighted by Crippen LogP contribution is 2.22. The van der Waals surface area contributed by atoms with Gasteiger partial charge >= 0.3 is 6.03 Å². The zero-order valence-corrected chi connectivity index (χ0v) is 17.7. The maximum atomic E-state index is 12.1. The number of nitrogens with one attached hydrogen (secondary N) is 3. The third-order valence-corrected chi connectivity index (χ3v) is 5.41. The number of halogens is 1. The molecule has 1 saturated heterocycles. The number of amides is 3. The summed E-state index contributed by atoms with van der Waals surface area (Å²) >= 11 is 6.00. The maximum absolute atomic E-state index is 12.1. The average molecular weight is 431 g/mol. The van der Waals surface area contributed by atoms with Crippen molar-refractivity contribution in [1.29, 1.82) is 0 Å². The predicted octanol–water partition coefficient (Wildman–Crippen LogP) is 3.05. The molecular formula is C22H27ClN4O3. The van der Waals surface area contributed by atoms with E-state index >= 15 is 0 Å². The van der Waals surface area contributed by atoms with E-state index in [1.54, 1.807) is 31.4 Å². The number of rotatable bonds is 7. The molecule has 0 aromatic heterocycles. The van der Waals surface area contributed by atoms with E-state index in [-0.39, 0.29) is 18.0 Å². The van der Waals surface area contributed by atoms with E-state index in [9.17, 15) is 9.59 Å². The Bertz CT molecular complexity index is 852. The van der Waals surface area contributed by atoms with Gasteiger partial charge in [0.25, 0.3) is 5.91 Å². The van der Waals surface area contributed by atoms with Gasteiger partial charge in [-0.05, 0) is 49.2 Å². The predicted molar refractivity (Wildman–Crippen MR) is 119 cm³/mol. The van der Waals surface area contributed by atoms with Crippen LogP contribution in [-0.4, -0.2) is 51.3 Å². The largest absolute Gasteiger partial charge is 0.497 e. The van der Waals surface area contributed by atoms with E-state index in [1.165, 1.54) is 0 Å². The number of anilines is 1. The number of hydrogen-bond donors (Lipinski definition) is 3. The second kappa shape index (κ2) is 10.7. The van der Waals surface area contributed by atoms with Crippen LogP contribution in [0.4, 0.5) is 10.5 Å². The van der Waals surface area contributed by atoms with Gasteiger partial charge in [-0.3, -0.25) is 4.79 Å². The normalized spacial score (nSPS) is 14.1. The Hall–Kier alpha value is -2.93. The fraction of sp³-hybridized carbons (Fsp3) is 0.364. The second-order valence-electron chi connectivity index (χ2n) is 7.10. The molecule has 0 unspecified atom stereocenters. The second-order valence-corrected chi connectivity index (χ2v) is 7.50. The highest BCUT2D eigenvalue weighted by Gasteiger charge is 2.21. The van der Waals surface area contributed by atoms with Crippen LogP contribution in [0, 0.1) is 0 Å². The first-order valence-corrected chi connectivity index (χ1v) is 10.4. The minimum Gasteiger partial charge on any atom is -0.497 e. The van der Waals surface area contributed by atoms with Crippen molar-refractivity contribution >= 4 is 29.2 Å². The monoisotopic (exact) mass is 430 g/mol. The summed E-state index contributed by atoms with van der Waals surface area (Å²) in [7, 11) is 1.66. The lowest BCUT2D eigenvalue weighted by molar-refractivity contribution is 0.0954. The Morgan fingerprint density at radius 1 is 1.03 bits per heavy atom. The Morgan fingerprint density at radius 3 is 2.37 bits per heavy atom. The SMILES string of the molecule is COc1ccc(N2CCC(NC(=O)NCCNC(=O)c3ccccc3Cl)CC2)cc1. The van der Waals surface area contributed by atoms with E-state index in [2.05, 4.69) is 33.0 Å². The number of benzene rings is 2. The molecule has 3 amide bonds. The van der Waals surface area contributed by atoms with E-state index in [1.807, 2.05) is 12.1 Å². The molecule has 0 aliphatic carbocycles. The van der Waals surface area contributed by atoms with Crippen molar-refractivity contribution in [3.8, 4) is 5.75 Å². The van der Waals surface area contributed by atoms with Crippen molar-refractivity contribution in [3.63, 3.8) is 0 Å². The Kier molecular flexibility index (Phi) is 7.79. The van der Waals surface area contributed by atoms with Crippen molar-refractivity contribution in [3.05, 3.63) is 59.1 Å². The first-order valence-electron chi connectivity index (χ1n) is 10.0. The van der Waals surface area contributed by atoms with Crippen LogP contribution in [0.5, 0.6) is 5.75 Å². The summed E-state index contributed by atoms with van der Waals surface area (Å²) in [6.45, 7) is 2.43. The summed E-state index contributed by atoms with van der Waals surface area (Å²) in [5, 5.41) is 8.94. The molecule has 30 heavy (non-hydrogen) atoms. The molecule has 1 aliphatic heterocycles. The molecular weight excluding hydrogens is 404 g/mol. The van der Waals surface area contributed by atoms with Crippen LogP contribution in [0.2, 0.25) is 5.02 Å². The van der Waals surface area contributed by atoms with Crippen LogP contribution in [0.1, 0.15) is 23.2 Å². The van der Waals surface area contributed by atoms with Gasteiger partial charge in [0, 0.05) is 37.9 Å². The number of methoxy groups -OCH3 is 1. The van der Waals surface area contributed by atoms with Crippen molar-refractivity contribution in [1.82, 2.24) is 16.0 Å². The van der Waals surface area contributed by atoms with Crippen LogP contribution >= 0.6 is 11.6 Å². The van der Waals surface area contributed by atoms with Gasteiger partial charge in [-0.15, -0.1) is 0 Å². The molecule has 1 heterocycles. The lowest BCUT2D eigenvalue weighted by atomic mass is 10.0. The Balaban J connectivity index is 1.33. The summed E-state index contributed by atoms with van der Waals surface area (Å²) in [5.41, 5.74) is 1.58. The lowest BCUT2D eigenvalue weighted by Crippen LogP contribution is -2.49. The van der Waals surface area contributed by atoms with Crippen molar-refractivity contribution in [2.75, 3.05) is 38.2 Å². The topological polar surface area (TPSA) is 82.7 Å². The van der Waals surface area contributed by atoms with Gasteiger partial charge in [0.2, 0.25) is 0 Å². The van der Waals surface area contributed by atoms with Crippen LogP contribution in [0.15, 0.2) is 48.5 Å². The van der Waals surface area contributed by atoms with E-state index in [0.717, 1.165) is 37.4 Å². The molecule has 2 aromatic carbocycles. The van der Waals surface area contributed by atoms with Gasteiger partial charge in [-0.1, -0.05) is 23.7 Å². The zero-order chi connectivity index (χ0) is 21.3. The minimum absolute atomic E-state index is 0.136. The summed E-state index contributed by atoms with van der Waals surface area (Å²) in [6.07, 6.45) is 1.76. The fourth-order valence-corrected chi connectivity index (χ4v) is 3.63. The van der Waals surface area contributed by atoms with Gasteiger partial charge in [-0.25, -0.2) is 4.79 Å². The third-order valence-electron chi connectivity index (χ3n) is 5.08.